The molecule has 0 aromatic carbocycles. The second-order valence-corrected chi connectivity index (χ2v) is 5.19. The summed E-state index contributed by atoms with van der Waals surface area (Å²) in [4.78, 5) is 13.9. The SMILES string of the molecule is Cc1nn(C)cc1/C=C1/NC(=S)N(Cc2ccco2)C1=O. The van der Waals surface area contributed by atoms with E-state index in [0.717, 1.165) is 11.3 Å². The first-order valence-corrected chi connectivity index (χ1v) is 6.82. The number of carbonyl (C=O) groups excluding carboxylic acids is 1. The summed E-state index contributed by atoms with van der Waals surface area (Å²) in [6.45, 7) is 2.21. The van der Waals surface area contributed by atoms with Crippen LogP contribution in [0.2, 0.25) is 0 Å². The molecule has 6 nitrogen and oxygen atoms in total. The summed E-state index contributed by atoms with van der Waals surface area (Å²) < 4.78 is 6.96. The Morgan fingerprint density at radius 3 is 2.95 bits per heavy atom. The minimum atomic E-state index is -0.167. The van der Waals surface area contributed by atoms with Crippen molar-refractivity contribution in [2.45, 2.75) is 13.5 Å². The highest BCUT2D eigenvalue weighted by molar-refractivity contribution is 7.80. The van der Waals surface area contributed by atoms with Crippen LogP contribution < -0.4 is 5.32 Å². The first-order valence-electron chi connectivity index (χ1n) is 6.42. The number of hydrogen-bond acceptors (Lipinski definition) is 4. The van der Waals surface area contributed by atoms with Gasteiger partial charge in [0.15, 0.2) is 5.11 Å². The Hall–Kier alpha value is -2.41. The number of rotatable bonds is 3. The second kappa shape index (κ2) is 5.17. The Balaban J connectivity index is 1.84. The summed E-state index contributed by atoms with van der Waals surface area (Å²) in [5.41, 5.74) is 2.19. The average Bonchev–Trinajstić information content (AvgIpc) is 3.10. The molecular weight excluding hydrogens is 288 g/mol. The van der Waals surface area contributed by atoms with Crippen molar-refractivity contribution in [1.29, 1.82) is 0 Å². The third-order valence-corrected chi connectivity index (χ3v) is 3.53. The summed E-state index contributed by atoms with van der Waals surface area (Å²) in [5, 5.41) is 7.57. The quantitative estimate of drug-likeness (QED) is 0.689. The van der Waals surface area contributed by atoms with Crippen molar-refractivity contribution in [3.63, 3.8) is 0 Å². The molecule has 21 heavy (non-hydrogen) atoms. The third-order valence-electron chi connectivity index (χ3n) is 3.21. The van der Waals surface area contributed by atoms with Gasteiger partial charge in [-0.1, -0.05) is 0 Å². The van der Waals surface area contributed by atoms with Crippen molar-refractivity contribution in [3.05, 3.63) is 47.3 Å². The molecule has 0 radical (unpaired) electrons. The largest absolute Gasteiger partial charge is 0.467 e. The fourth-order valence-corrected chi connectivity index (χ4v) is 2.45. The molecule has 1 N–H and O–H groups in total. The van der Waals surface area contributed by atoms with Gasteiger partial charge in [0.25, 0.3) is 5.91 Å². The van der Waals surface area contributed by atoms with E-state index in [4.69, 9.17) is 16.6 Å². The molecule has 0 spiro atoms. The van der Waals surface area contributed by atoms with E-state index in [1.54, 1.807) is 23.1 Å². The summed E-state index contributed by atoms with van der Waals surface area (Å²) >= 11 is 5.21. The number of hydrogen-bond donors (Lipinski definition) is 1. The highest BCUT2D eigenvalue weighted by Gasteiger charge is 2.31. The monoisotopic (exact) mass is 302 g/mol. The van der Waals surface area contributed by atoms with Crippen molar-refractivity contribution in [1.82, 2.24) is 20.0 Å². The first kappa shape index (κ1) is 13.6. The van der Waals surface area contributed by atoms with Crippen LogP contribution in [0.25, 0.3) is 6.08 Å². The summed E-state index contributed by atoms with van der Waals surface area (Å²) in [6, 6.07) is 3.59. The van der Waals surface area contributed by atoms with E-state index in [-0.39, 0.29) is 5.91 Å². The lowest BCUT2D eigenvalue weighted by atomic mass is 10.2. The van der Waals surface area contributed by atoms with E-state index < -0.39 is 0 Å². The maximum Gasteiger partial charge on any atom is 0.276 e. The fourth-order valence-electron chi connectivity index (χ4n) is 2.19. The highest BCUT2D eigenvalue weighted by atomic mass is 32.1. The van der Waals surface area contributed by atoms with Crippen molar-refractivity contribution in [2.24, 2.45) is 7.05 Å². The van der Waals surface area contributed by atoms with E-state index in [0.29, 0.717) is 23.1 Å². The van der Waals surface area contributed by atoms with E-state index in [9.17, 15) is 4.79 Å². The van der Waals surface area contributed by atoms with Gasteiger partial charge in [0.1, 0.15) is 11.5 Å². The van der Waals surface area contributed by atoms with Gasteiger partial charge in [-0.15, -0.1) is 0 Å². The number of furan rings is 1. The first-order chi connectivity index (χ1) is 10.0. The normalized spacial score (nSPS) is 16.9. The molecule has 1 fully saturated rings. The summed E-state index contributed by atoms with van der Waals surface area (Å²) in [6.07, 6.45) is 5.19. The van der Waals surface area contributed by atoms with Gasteiger partial charge in [-0.05, 0) is 37.4 Å². The Bertz CT molecular complexity index is 730. The lowest BCUT2D eigenvalue weighted by Gasteiger charge is -2.11. The third kappa shape index (κ3) is 2.59. The van der Waals surface area contributed by atoms with Crippen LogP contribution in [-0.2, 0) is 18.4 Å². The van der Waals surface area contributed by atoms with E-state index in [1.807, 2.05) is 26.2 Å². The van der Waals surface area contributed by atoms with E-state index >= 15 is 0 Å². The second-order valence-electron chi connectivity index (χ2n) is 4.80. The number of nitrogens with one attached hydrogen (secondary N) is 1. The van der Waals surface area contributed by atoms with Crippen LogP contribution in [0, 0.1) is 6.92 Å². The lowest BCUT2D eigenvalue weighted by Crippen LogP contribution is -2.29. The van der Waals surface area contributed by atoms with Crippen molar-refractivity contribution in [2.75, 3.05) is 0 Å². The number of nitrogens with zero attached hydrogens (tertiary/aromatic N) is 3. The van der Waals surface area contributed by atoms with E-state index in [1.165, 1.54) is 4.90 Å². The molecule has 3 heterocycles. The van der Waals surface area contributed by atoms with E-state index in [2.05, 4.69) is 10.4 Å². The molecule has 3 rings (SSSR count). The Kier molecular flexibility index (Phi) is 3.34. The zero-order valence-corrected chi connectivity index (χ0v) is 12.5. The van der Waals surface area contributed by atoms with Gasteiger partial charge >= 0.3 is 0 Å². The number of aromatic nitrogens is 2. The molecule has 0 atom stereocenters. The zero-order chi connectivity index (χ0) is 15.0. The van der Waals surface area contributed by atoms with Crippen LogP contribution in [-0.4, -0.2) is 25.7 Å². The Labute approximate surface area is 127 Å². The van der Waals surface area contributed by atoms with Crippen LogP contribution in [0.5, 0.6) is 0 Å². The van der Waals surface area contributed by atoms with Crippen molar-refractivity contribution < 1.29 is 9.21 Å². The molecule has 0 aliphatic carbocycles. The minimum absolute atomic E-state index is 0.167. The van der Waals surface area contributed by atoms with Crippen LogP contribution >= 0.6 is 12.2 Å². The standard InChI is InChI=1S/C14H14N4O2S/c1-9-10(7-17(2)16-9)6-12-13(19)18(14(21)15-12)8-11-4-3-5-20-11/h3-7H,8H2,1-2H3,(H,15,21)/b12-6+. The molecule has 1 aliphatic heterocycles. The molecule has 0 bridgehead atoms. The summed E-state index contributed by atoms with van der Waals surface area (Å²) in [5.74, 6) is 0.519. The predicted molar refractivity (Wildman–Crippen MR) is 80.9 cm³/mol. The van der Waals surface area contributed by atoms with Crippen LogP contribution in [0.3, 0.4) is 0 Å². The average molecular weight is 302 g/mol. The van der Waals surface area contributed by atoms with Gasteiger partial charge in [-0.2, -0.15) is 5.10 Å². The topological polar surface area (TPSA) is 63.3 Å². The predicted octanol–water partition coefficient (Wildman–Crippen LogP) is 1.58. The van der Waals surface area contributed by atoms with Gasteiger partial charge in [-0.3, -0.25) is 14.4 Å². The van der Waals surface area contributed by atoms with Gasteiger partial charge in [-0.25, -0.2) is 0 Å². The van der Waals surface area contributed by atoms with Gasteiger partial charge in [0.05, 0.1) is 18.5 Å². The molecule has 7 heteroatoms. The number of thiocarbonyl (C=S) groups is 1. The fraction of sp³-hybridized carbons (Fsp3) is 0.214. The van der Waals surface area contributed by atoms with Crippen LogP contribution in [0.15, 0.2) is 34.7 Å². The molecule has 2 aromatic heterocycles. The van der Waals surface area contributed by atoms with Crippen molar-refractivity contribution >= 4 is 29.3 Å². The number of amides is 1. The molecular formula is C14H14N4O2S. The van der Waals surface area contributed by atoms with Crippen LogP contribution in [0.1, 0.15) is 17.0 Å². The minimum Gasteiger partial charge on any atom is -0.467 e. The smallest absolute Gasteiger partial charge is 0.276 e. The Morgan fingerprint density at radius 2 is 2.33 bits per heavy atom. The van der Waals surface area contributed by atoms with Crippen molar-refractivity contribution in [3.8, 4) is 0 Å². The number of carbonyl (C=O) groups is 1. The molecule has 0 saturated carbocycles. The maximum atomic E-state index is 12.4. The molecule has 108 valence electrons. The molecule has 0 unspecified atom stereocenters. The molecule has 1 saturated heterocycles. The van der Waals surface area contributed by atoms with Crippen LogP contribution in [0.4, 0.5) is 0 Å². The molecule has 2 aromatic rings. The lowest BCUT2D eigenvalue weighted by molar-refractivity contribution is -0.122. The highest BCUT2D eigenvalue weighted by Crippen LogP contribution is 2.18. The van der Waals surface area contributed by atoms with Gasteiger partial charge < -0.3 is 9.73 Å². The zero-order valence-electron chi connectivity index (χ0n) is 11.7. The number of aryl methyl sites for hydroxylation is 2. The molecule has 1 amide bonds. The van der Waals surface area contributed by atoms with Gasteiger partial charge in [0, 0.05) is 18.8 Å². The Morgan fingerprint density at radius 1 is 1.52 bits per heavy atom. The maximum absolute atomic E-state index is 12.4. The summed E-state index contributed by atoms with van der Waals surface area (Å²) in [7, 11) is 1.84. The molecule has 1 aliphatic rings. The van der Waals surface area contributed by atoms with Gasteiger partial charge in [0.2, 0.25) is 0 Å².